The van der Waals surface area contributed by atoms with Crippen molar-refractivity contribution < 1.29 is 14.3 Å². The fourth-order valence-corrected chi connectivity index (χ4v) is 9.19. The number of amides is 1. The third-order valence-electron chi connectivity index (χ3n) is 9.48. The Bertz CT molecular complexity index is 2840. The van der Waals surface area contributed by atoms with Crippen molar-refractivity contribution in [2.45, 2.75) is 59.9 Å². The van der Waals surface area contributed by atoms with Crippen LogP contribution < -0.4 is 16.8 Å². The van der Waals surface area contributed by atoms with Gasteiger partial charge in [0.25, 0.3) is 0 Å². The van der Waals surface area contributed by atoms with Crippen LogP contribution in [0.25, 0.3) is 64.7 Å². The van der Waals surface area contributed by atoms with Gasteiger partial charge in [0.15, 0.2) is 0 Å². The van der Waals surface area contributed by atoms with E-state index in [4.69, 9.17) is 44.1 Å². The van der Waals surface area contributed by atoms with Crippen molar-refractivity contribution in [1.82, 2.24) is 50.2 Å². The van der Waals surface area contributed by atoms with E-state index in [0.717, 1.165) is 92.5 Å². The minimum atomic E-state index is -0.507. The number of aromatic nitrogens is 9. The summed E-state index contributed by atoms with van der Waals surface area (Å²) in [6, 6.07) is 18.2. The highest BCUT2D eigenvalue weighted by atomic mass is 35.5. The van der Waals surface area contributed by atoms with Crippen LogP contribution in [0.3, 0.4) is 0 Å². The minimum Gasteiger partial charge on any atom is -0.444 e. The zero-order valence-electron chi connectivity index (χ0n) is 40.9. The average Bonchev–Trinajstić information content (AvgIpc) is 4.22. The molecule has 0 spiro atoms. The quantitative estimate of drug-likeness (QED) is 0.0971. The first kappa shape index (κ1) is 59.4. The van der Waals surface area contributed by atoms with Gasteiger partial charge in [-0.25, -0.2) is 34.7 Å². The first-order chi connectivity index (χ1) is 35.0. The second-order valence-electron chi connectivity index (χ2n) is 15.6. The Labute approximate surface area is 454 Å². The molecule has 5 N–H and O–H groups in total. The molecule has 0 saturated carbocycles. The molecule has 0 aliphatic rings. The number of hydrogen-bond acceptors (Lipinski definition) is 17. The van der Waals surface area contributed by atoms with E-state index in [-0.39, 0.29) is 17.7 Å². The van der Waals surface area contributed by atoms with Gasteiger partial charge in [-0.1, -0.05) is 0 Å². The van der Waals surface area contributed by atoms with E-state index in [1.165, 1.54) is 19.0 Å². The van der Waals surface area contributed by atoms with E-state index in [0.29, 0.717) is 19.6 Å². The number of rotatable bonds is 12. The lowest BCUT2D eigenvalue weighted by Gasteiger charge is -2.19. The minimum absolute atomic E-state index is 0. The monoisotopic (exact) mass is 1100 g/mol. The largest absolute Gasteiger partial charge is 0.444 e. The molecule has 73 heavy (non-hydrogen) atoms. The van der Waals surface area contributed by atoms with Crippen LogP contribution in [-0.2, 0) is 29.1 Å². The zero-order chi connectivity index (χ0) is 51.6. The molecule has 0 aliphatic carbocycles. The normalized spacial score (nSPS) is 10.3. The van der Waals surface area contributed by atoms with Crippen molar-refractivity contribution in [3.8, 4) is 64.7 Å². The maximum atomic E-state index is 11.8. The lowest BCUT2D eigenvalue weighted by molar-refractivity contribution is 0.0524. The maximum absolute atomic E-state index is 11.8. The van der Waals surface area contributed by atoms with Gasteiger partial charge in [0, 0.05) is 163 Å². The third kappa shape index (κ3) is 19.3. The Morgan fingerprint density at radius 2 is 0.849 bits per heavy atom. The van der Waals surface area contributed by atoms with Crippen LogP contribution in [0.15, 0.2) is 148 Å². The van der Waals surface area contributed by atoms with Crippen molar-refractivity contribution in [3.05, 3.63) is 163 Å². The number of nitrogens with one attached hydrogen (secondary N) is 1. The summed E-state index contributed by atoms with van der Waals surface area (Å²) >= 11 is 14.5. The number of carbonyl (C=O) groups is 1. The lowest BCUT2D eigenvalue weighted by Crippen LogP contribution is -2.31. The van der Waals surface area contributed by atoms with Gasteiger partial charge in [-0.05, 0) is 106 Å². The molecule has 21 heteroatoms. The topological polar surface area (TPSA) is 216 Å². The molecule has 9 rings (SSSR count). The number of nitrogens with zero attached hydrogens (tertiary/aromatic N) is 9. The molecule has 0 fully saturated rings. The van der Waals surface area contributed by atoms with E-state index in [9.17, 15) is 4.79 Å². The van der Waals surface area contributed by atoms with Gasteiger partial charge in [0.2, 0.25) is 0 Å². The van der Waals surface area contributed by atoms with Crippen LogP contribution in [-0.4, -0.2) is 75.1 Å². The molecule has 9 aromatic heterocycles. The molecular formula is C52H57Cl3N12O3S3. The summed E-state index contributed by atoms with van der Waals surface area (Å²) in [5.74, 6) is 0. The average molecular weight is 1100 g/mol. The Morgan fingerprint density at radius 3 is 1.14 bits per heavy atom. The van der Waals surface area contributed by atoms with Gasteiger partial charge in [-0.3, -0.25) is 15.0 Å². The van der Waals surface area contributed by atoms with Gasteiger partial charge >= 0.3 is 6.09 Å². The number of hydrogen-bond donors (Lipinski definition) is 3. The number of thiophene rings is 3. The van der Waals surface area contributed by atoms with E-state index in [1.54, 1.807) is 65.0 Å². The number of carbonyl (C=O) groups excluding carboxylic acids is 1. The van der Waals surface area contributed by atoms with Gasteiger partial charge in [-0.2, -0.15) is 0 Å². The van der Waals surface area contributed by atoms with Gasteiger partial charge in [-0.15, -0.1) is 69.6 Å². The third-order valence-corrected chi connectivity index (χ3v) is 12.9. The van der Waals surface area contributed by atoms with Crippen molar-refractivity contribution in [3.63, 3.8) is 0 Å². The molecular weight excluding hydrogens is 1040 g/mol. The second kappa shape index (κ2) is 32.1. The van der Waals surface area contributed by atoms with E-state index < -0.39 is 11.7 Å². The number of ether oxygens (including phenoxy) is 2. The lowest BCUT2D eigenvalue weighted by atomic mass is 10.0. The van der Waals surface area contributed by atoms with Crippen LogP contribution >= 0.6 is 69.6 Å². The van der Waals surface area contributed by atoms with Crippen molar-refractivity contribution in [1.29, 1.82) is 0 Å². The molecule has 0 radical (unpaired) electrons. The Hall–Kier alpha value is -6.19. The van der Waals surface area contributed by atoms with Crippen LogP contribution in [0.2, 0.25) is 0 Å². The summed E-state index contributed by atoms with van der Waals surface area (Å²) in [6.45, 7) is 12.7. The molecule has 382 valence electrons. The molecule has 0 aliphatic heterocycles. The number of nitrogens with two attached hydrogens (primary N) is 2. The number of alkyl halides is 2. The molecule has 0 unspecified atom stereocenters. The molecule has 0 atom stereocenters. The van der Waals surface area contributed by atoms with Crippen LogP contribution in [0.4, 0.5) is 4.79 Å². The SMILES string of the molecule is CC(C)(C)OC(=O)NCc1ccc(-c2cnccc2-c2cncnc2)s1.CCOCC.Cl.ClCCl.NCc1ccc(-c2cnccc2-c2cncnc2)s1.NCc1ccc(-c2cnccc2-c2cncnc2)s1. The van der Waals surface area contributed by atoms with Crippen LogP contribution in [0, 0.1) is 0 Å². The van der Waals surface area contributed by atoms with Gasteiger partial charge in [0.1, 0.15) is 24.6 Å². The Morgan fingerprint density at radius 1 is 0.521 bits per heavy atom. The van der Waals surface area contributed by atoms with E-state index in [2.05, 4.69) is 74.4 Å². The number of halogens is 3. The fraction of sp³-hybridized carbons (Fsp3) is 0.231. The first-order valence-corrected chi connectivity index (χ1v) is 26.0. The zero-order valence-corrected chi connectivity index (χ0v) is 45.7. The van der Waals surface area contributed by atoms with Gasteiger partial charge < -0.3 is 26.3 Å². The number of pyridine rings is 3. The second-order valence-corrected chi connectivity index (χ2v) is 19.9. The Balaban J connectivity index is 0.000000222. The predicted molar refractivity (Wildman–Crippen MR) is 301 cm³/mol. The highest BCUT2D eigenvalue weighted by molar-refractivity contribution is 7.16. The van der Waals surface area contributed by atoms with Crippen molar-refractivity contribution in [2.75, 3.05) is 18.6 Å². The van der Waals surface area contributed by atoms with E-state index in [1.807, 2.05) is 108 Å². The molecule has 0 bridgehead atoms. The molecule has 9 heterocycles. The summed E-state index contributed by atoms with van der Waals surface area (Å²) in [6.07, 6.45) is 25.8. The summed E-state index contributed by atoms with van der Waals surface area (Å²) < 4.78 is 10.1. The first-order valence-electron chi connectivity index (χ1n) is 22.4. The van der Waals surface area contributed by atoms with Crippen LogP contribution in [0.1, 0.15) is 49.3 Å². The molecule has 9 aromatic rings. The Kier molecular flexibility index (Phi) is 26.1. The number of alkyl carbamates (subject to hydrolysis) is 1. The molecule has 1 amide bonds. The summed E-state index contributed by atoms with van der Waals surface area (Å²) in [4.78, 5) is 55.7. The highest BCUT2D eigenvalue weighted by Gasteiger charge is 2.17. The predicted octanol–water partition coefficient (Wildman–Crippen LogP) is 12.6. The van der Waals surface area contributed by atoms with Crippen molar-refractivity contribution in [2.24, 2.45) is 11.5 Å². The maximum Gasteiger partial charge on any atom is 0.407 e. The fourth-order valence-electron chi connectivity index (χ4n) is 6.40. The summed E-state index contributed by atoms with van der Waals surface area (Å²) in [7, 11) is 0. The molecule has 0 aromatic carbocycles. The van der Waals surface area contributed by atoms with E-state index >= 15 is 0 Å². The molecule has 15 nitrogen and oxygen atoms in total. The summed E-state index contributed by atoms with van der Waals surface area (Å²) in [5.41, 5.74) is 20.1. The smallest absolute Gasteiger partial charge is 0.407 e. The van der Waals surface area contributed by atoms with Crippen molar-refractivity contribution >= 4 is 75.7 Å². The van der Waals surface area contributed by atoms with Gasteiger partial charge in [0.05, 0.1) is 11.9 Å². The highest BCUT2D eigenvalue weighted by Crippen LogP contribution is 2.37. The molecule has 0 saturated heterocycles. The summed E-state index contributed by atoms with van der Waals surface area (Å²) in [5, 5.41) is 2.97. The standard InChI is InChI=1S/C19H20N4O2S.2C14H12N4S.C4H10O.CH2Cl2.ClH/c1-19(2,3)25-18(24)23-10-14-4-5-17(26-14)16-11-20-7-6-15(16)13-8-21-12-22-9-13;2*15-5-11-1-2-14(19-11)13-8-16-4-3-12(13)10-6-17-9-18-7-10;1-3-5-4-2;2-1-3;/h4-9,11-12H,10H2,1-3H3,(H,23,24);2*1-4,6-9H,5,15H2;3-4H2,1-2H3;1H2;1H. The van der Waals surface area contributed by atoms with Crippen LogP contribution in [0.5, 0.6) is 0 Å².